The molecule has 3 heteroatoms. The molecular weight excluding hydrogens is 242 g/mol. The molecule has 1 aromatic carbocycles. The van der Waals surface area contributed by atoms with Crippen LogP contribution in [0.1, 0.15) is 16.7 Å². The molecule has 0 atom stereocenters. The Labute approximate surface area is 93.0 Å². The minimum absolute atomic E-state index is 0.118. The van der Waals surface area contributed by atoms with E-state index < -0.39 is 0 Å². The third-order valence-corrected chi connectivity index (χ3v) is 2.77. The lowest BCUT2D eigenvalue weighted by atomic mass is 10.0. The number of benzene rings is 1. The van der Waals surface area contributed by atoms with Crippen LogP contribution in [0.25, 0.3) is 0 Å². The predicted octanol–water partition coefficient (Wildman–Crippen LogP) is 3.56. The zero-order valence-electron chi connectivity index (χ0n) is 8.89. The first-order valence-electron chi connectivity index (χ1n) is 4.44. The third-order valence-electron chi connectivity index (χ3n) is 2.23. The number of aryl methyl sites for hydroxylation is 3. The van der Waals surface area contributed by atoms with Crippen molar-refractivity contribution >= 4 is 26.4 Å². The van der Waals surface area contributed by atoms with Gasteiger partial charge in [-0.15, -0.1) is 0 Å². The van der Waals surface area contributed by atoms with Gasteiger partial charge in [0.05, 0.1) is 0 Å². The molecule has 0 aliphatic heterocycles. The molecule has 0 N–H and O–H groups in total. The van der Waals surface area contributed by atoms with Crippen molar-refractivity contribution in [3.05, 3.63) is 28.8 Å². The third kappa shape index (κ3) is 2.15. The maximum Gasteiger partial charge on any atom is 0.293 e. The first-order valence-corrected chi connectivity index (χ1v) is 5.24. The Kier molecular flexibility index (Phi) is 3.32. The van der Waals surface area contributed by atoms with E-state index in [4.69, 9.17) is 0 Å². The number of hydrogen-bond acceptors (Lipinski definition) is 1. The van der Waals surface area contributed by atoms with E-state index in [1.54, 1.807) is 11.9 Å². The second kappa shape index (κ2) is 4.13. The molecular formula is C11H14BrNO. The summed E-state index contributed by atoms with van der Waals surface area (Å²) >= 11 is 2.95. The van der Waals surface area contributed by atoms with Gasteiger partial charge in [-0.25, -0.2) is 0 Å². The fraction of sp³-hybridized carbons (Fsp3) is 0.364. The van der Waals surface area contributed by atoms with Crippen LogP contribution in [-0.4, -0.2) is 11.9 Å². The molecule has 0 unspecified atom stereocenters. The van der Waals surface area contributed by atoms with Crippen molar-refractivity contribution in [2.75, 3.05) is 11.9 Å². The second-order valence-electron chi connectivity index (χ2n) is 3.56. The van der Waals surface area contributed by atoms with Crippen molar-refractivity contribution in [2.45, 2.75) is 20.8 Å². The van der Waals surface area contributed by atoms with Gasteiger partial charge in [-0.1, -0.05) is 17.7 Å². The summed E-state index contributed by atoms with van der Waals surface area (Å²) in [6.07, 6.45) is 0. The summed E-state index contributed by atoms with van der Waals surface area (Å²) in [5, 5.41) is 0. The summed E-state index contributed by atoms with van der Waals surface area (Å²) in [5.41, 5.74) is 4.45. The van der Waals surface area contributed by atoms with Gasteiger partial charge < -0.3 is 4.90 Å². The number of hydrogen-bond donors (Lipinski definition) is 0. The number of carbonyl (C=O) groups excluding carboxylic acids is 1. The summed E-state index contributed by atoms with van der Waals surface area (Å²) in [5.74, 6) is 0. The van der Waals surface area contributed by atoms with Crippen molar-refractivity contribution in [3.63, 3.8) is 0 Å². The van der Waals surface area contributed by atoms with Gasteiger partial charge >= 0.3 is 0 Å². The fourth-order valence-corrected chi connectivity index (χ4v) is 1.97. The van der Waals surface area contributed by atoms with Gasteiger partial charge in [0, 0.05) is 28.7 Å². The number of carbonyl (C=O) groups is 1. The maximum absolute atomic E-state index is 11.2. The number of anilines is 1. The molecule has 0 aliphatic carbocycles. The van der Waals surface area contributed by atoms with Crippen molar-refractivity contribution in [3.8, 4) is 0 Å². The first-order chi connectivity index (χ1) is 6.43. The minimum Gasteiger partial charge on any atom is -0.305 e. The number of nitrogens with zero attached hydrogens (tertiary/aromatic N) is 1. The van der Waals surface area contributed by atoms with Crippen molar-refractivity contribution in [2.24, 2.45) is 0 Å². The lowest BCUT2D eigenvalue weighted by Crippen LogP contribution is -2.21. The van der Waals surface area contributed by atoms with E-state index >= 15 is 0 Å². The van der Waals surface area contributed by atoms with E-state index in [1.807, 2.05) is 13.8 Å². The maximum atomic E-state index is 11.2. The molecule has 0 radical (unpaired) electrons. The van der Waals surface area contributed by atoms with Gasteiger partial charge in [-0.2, -0.15) is 0 Å². The average molecular weight is 256 g/mol. The molecule has 2 nitrogen and oxygen atoms in total. The zero-order chi connectivity index (χ0) is 10.9. The van der Waals surface area contributed by atoms with Gasteiger partial charge in [0.1, 0.15) is 0 Å². The monoisotopic (exact) mass is 255 g/mol. The Morgan fingerprint density at radius 1 is 1.21 bits per heavy atom. The van der Waals surface area contributed by atoms with Crippen molar-refractivity contribution in [1.29, 1.82) is 0 Å². The molecule has 0 saturated carbocycles. The van der Waals surface area contributed by atoms with E-state index in [2.05, 4.69) is 35.0 Å². The summed E-state index contributed by atoms with van der Waals surface area (Å²) in [6.45, 7) is 6.09. The van der Waals surface area contributed by atoms with E-state index in [-0.39, 0.29) is 4.82 Å². The molecule has 0 heterocycles. The van der Waals surface area contributed by atoms with E-state index in [1.165, 1.54) is 5.56 Å². The van der Waals surface area contributed by atoms with Crippen LogP contribution in [0.3, 0.4) is 0 Å². The van der Waals surface area contributed by atoms with Crippen LogP contribution >= 0.6 is 15.9 Å². The Morgan fingerprint density at radius 2 is 1.64 bits per heavy atom. The van der Waals surface area contributed by atoms with Crippen LogP contribution in [0.4, 0.5) is 10.5 Å². The Bertz CT molecular complexity index is 351. The molecule has 14 heavy (non-hydrogen) atoms. The predicted molar refractivity (Wildman–Crippen MR) is 63.4 cm³/mol. The largest absolute Gasteiger partial charge is 0.305 e. The lowest BCUT2D eigenvalue weighted by molar-refractivity contribution is 0.267. The topological polar surface area (TPSA) is 20.3 Å². The minimum atomic E-state index is -0.118. The molecule has 0 aliphatic rings. The Morgan fingerprint density at radius 3 is 2.00 bits per heavy atom. The molecule has 0 fully saturated rings. The highest BCUT2D eigenvalue weighted by molar-refractivity contribution is 9.18. The Hall–Kier alpha value is -0.830. The lowest BCUT2D eigenvalue weighted by Gasteiger charge is -2.19. The van der Waals surface area contributed by atoms with Crippen LogP contribution in [0, 0.1) is 20.8 Å². The Balaban J connectivity index is 3.27. The number of amides is 1. The molecule has 0 saturated heterocycles. The molecule has 1 amide bonds. The average Bonchev–Trinajstić information content (AvgIpc) is 2.01. The highest BCUT2D eigenvalue weighted by Gasteiger charge is 2.12. The van der Waals surface area contributed by atoms with E-state index in [0.717, 1.165) is 16.8 Å². The number of rotatable bonds is 1. The van der Waals surface area contributed by atoms with Crippen LogP contribution in [0.5, 0.6) is 0 Å². The molecule has 0 spiro atoms. The summed E-state index contributed by atoms with van der Waals surface area (Å²) < 4.78 is 0. The van der Waals surface area contributed by atoms with Gasteiger partial charge in [-0.3, -0.25) is 4.79 Å². The fourth-order valence-electron chi connectivity index (χ4n) is 1.79. The van der Waals surface area contributed by atoms with Crippen LogP contribution < -0.4 is 4.90 Å². The van der Waals surface area contributed by atoms with Gasteiger partial charge in [0.15, 0.2) is 0 Å². The summed E-state index contributed by atoms with van der Waals surface area (Å²) in [4.78, 5) is 12.7. The SMILES string of the molecule is Cc1cc(C)c(N(C)C(=O)Br)c(C)c1. The molecule has 76 valence electrons. The normalized spacial score (nSPS) is 10.1. The van der Waals surface area contributed by atoms with Gasteiger partial charge in [0.2, 0.25) is 0 Å². The standard InChI is InChI=1S/C11H14BrNO/c1-7-5-8(2)10(9(3)6-7)13(4)11(12)14/h5-6H,1-4H3. The van der Waals surface area contributed by atoms with Crippen molar-refractivity contribution < 1.29 is 4.79 Å². The summed E-state index contributed by atoms with van der Waals surface area (Å²) in [7, 11) is 1.77. The van der Waals surface area contributed by atoms with E-state index in [0.29, 0.717) is 0 Å². The molecule has 1 rings (SSSR count). The second-order valence-corrected chi connectivity index (χ2v) is 4.24. The zero-order valence-corrected chi connectivity index (χ0v) is 10.5. The molecule has 0 bridgehead atoms. The molecule has 1 aromatic rings. The van der Waals surface area contributed by atoms with Gasteiger partial charge in [-0.05, 0) is 31.9 Å². The van der Waals surface area contributed by atoms with E-state index in [9.17, 15) is 4.79 Å². The van der Waals surface area contributed by atoms with Crippen LogP contribution in [-0.2, 0) is 0 Å². The molecule has 0 aromatic heterocycles. The first kappa shape index (κ1) is 11.2. The van der Waals surface area contributed by atoms with Crippen LogP contribution in [0.15, 0.2) is 12.1 Å². The smallest absolute Gasteiger partial charge is 0.293 e. The highest BCUT2D eigenvalue weighted by atomic mass is 79.9. The quantitative estimate of drug-likeness (QED) is 0.555. The van der Waals surface area contributed by atoms with Crippen molar-refractivity contribution in [1.82, 2.24) is 0 Å². The summed E-state index contributed by atoms with van der Waals surface area (Å²) in [6, 6.07) is 4.16. The number of halogens is 1. The van der Waals surface area contributed by atoms with Crippen LogP contribution in [0.2, 0.25) is 0 Å². The van der Waals surface area contributed by atoms with Gasteiger partial charge in [0.25, 0.3) is 4.82 Å². The highest BCUT2D eigenvalue weighted by Crippen LogP contribution is 2.26.